The van der Waals surface area contributed by atoms with Crippen LogP contribution in [0.25, 0.3) is 6.08 Å². The fourth-order valence-electron chi connectivity index (χ4n) is 2.95. The molecule has 0 amide bonds. The molecule has 0 saturated carbocycles. The maximum absolute atomic E-state index is 13.3. The first-order valence-corrected chi connectivity index (χ1v) is 14.6. The maximum Gasteiger partial charge on any atom is 0.250 e. The summed E-state index contributed by atoms with van der Waals surface area (Å²) >= 11 is 0. The molecule has 0 unspecified atom stereocenters. The van der Waals surface area contributed by atoms with Crippen LogP contribution < -0.4 is 9.16 Å². The smallest absolute Gasteiger partial charge is 0.250 e. The first-order valence-electron chi connectivity index (χ1n) is 10.2. The molecule has 0 aromatic heterocycles. The summed E-state index contributed by atoms with van der Waals surface area (Å²) in [7, 11) is -5.75. The van der Waals surface area contributed by atoms with E-state index in [4.69, 9.17) is 9.16 Å². The number of rotatable bonds is 4. The highest BCUT2D eigenvalue weighted by atomic mass is 32.2. The Morgan fingerprint density at radius 1 is 1.00 bits per heavy atom. The Balaban J connectivity index is 1.98. The predicted molar refractivity (Wildman–Crippen MR) is 125 cm³/mol. The van der Waals surface area contributed by atoms with Crippen molar-refractivity contribution in [3.63, 3.8) is 0 Å². The van der Waals surface area contributed by atoms with Crippen molar-refractivity contribution in [3.05, 3.63) is 53.6 Å². The van der Waals surface area contributed by atoms with E-state index in [0.717, 1.165) is 11.1 Å². The van der Waals surface area contributed by atoms with Crippen molar-refractivity contribution in [1.82, 2.24) is 0 Å². The molecule has 0 aliphatic carbocycles. The number of benzene rings is 2. The van der Waals surface area contributed by atoms with Crippen LogP contribution in [0.1, 0.15) is 47.1 Å². The number of hydrogen-bond donors (Lipinski definition) is 0. The van der Waals surface area contributed by atoms with Crippen molar-refractivity contribution >= 4 is 24.2 Å². The van der Waals surface area contributed by atoms with Gasteiger partial charge in [-0.2, -0.15) is 0 Å². The Morgan fingerprint density at radius 3 is 2.27 bits per heavy atom. The molecule has 6 heteroatoms. The predicted octanol–water partition coefficient (Wildman–Crippen LogP) is 6.48. The quantitative estimate of drug-likeness (QED) is 0.507. The van der Waals surface area contributed by atoms with Gasteiger partial charge in [0.2, 0.25) is 18.2 Å². The van der Waals surface area contributed by atoms with Gasteiger partial charge in [-0.25, -0.2) is 8.42 Å². The standard InChI is InChI=1S/C24H32O4SSi/c1-17-14-18-15-21(12-13-22(18)27-24(17,5)6)29(25,26)20-11-9-10-19(16-20)28-30(7,8)23(2,3)4/h9-16H,1-8H3. The molecule has 2 aromatic carbocycles. The van der Waals surface area contributed by atoms with Crippen LogP contribution in [0.4, 0.5) is 0 Å². The Hall–Kier alpha value is -2.05. The van der Waals surface area contributed by atoms with E-state index >= 15 is 0 Å². The summed E-state index contributed by atoms with van der Waals surface area (Å²) in [6.45, 7) is 16.8. The van der Waals surface area contributed by atoms with E-state index in [-0.39, 0.29) is 14.8 Å². The van der Waals surface area contributed by atoms with Crippen LogP contribution in [0.15, 0.2) is 57.8 Å². The first kappa shape index (κ1) is 22.6. The van der Waals surface area contributed by atoms with Gasteiger partial charge in [-0.05, 0) is 87.0 Å². The number of fused-ring (bicyclic) bond motifs is 1. The van der Waals surface area contributed by atoms with Gasteiger partial charge >= 0.3 is 0 Å². The van der Waals surface area contributed by atoms with E-state index in [9.17, 15) is 8.42 Å². The van der Waals surface area contributed by atoms with Crippen LogP contribution in [-0.2, 0) is 9.84 Å². The molecule has 0 spiro atoms. The first-order chi connectivity index (χ1) is 13.6. The number of ether oxygens (including phenoxy) is 1. The second kappa shape index (κ2) is 7.27. The van der Waals surface area contributed by atoms with Gasteiger partial charge in [0.25, 0.3) is 0 Å². The summed E-state index contributed by atoms with van der Waals surface area (Å²) in [5.74, 6) is 1.29. The lowest BCUT2D eigenvalue weighted by Crippen LogP contribution is -2.43. The third kappa shape index (κ3) is 4.21. The van der Waals surface area contributed by atoms with Crippen LogP contribution in [0.3, 0.4) is 0 Å². The van der Waals surface area contributed by atoms with E-state index in [0.29, 0.717) is 11.5 Å². The van der Waals surface area contributed by atoms with E-state index in [1.807, 2.05) is 32.9 Å². The maximum atomic E-state index is 13.3. The zero-order valence-electron chi connectivity index (χ0n) is 19.2. The van der Waals surface area contributed by atoms with E-state index < -0.39 is 23.8 Å². The second-order valence-corrected chi connectivity index (χ2v) is 16.7. The average molecular weight is 445 g/mol. The minimum Gasteiger partial charge on any atom is -0.543 e. The zero-order chi connectivity index (χ0) is 22.5. The molecule has 0 atom stereocenters. The molecule has 0 bridgehead atoms. The lowest BCUT2D eigenvalue weighted by atomic mass is 9.94. The van der Waals surface area contributed by atoms with Gasteiger partial charge in [-0.1, -0.05) is 26.8 Å². The molecule has 3 rings (SSSR count). The molecule has 0 radical (unpaired) electrons. The molecule has 1 heterocycles. The summed E-state index contributed by atoms with van der Waals surface area (Å²) in [4.78, 5) is 0.481. The van der Waals surface area contributed by atoms with E-state index in [2.05, 4.69) is 33.9 Å². The van der Waals surface area contributed by atoms with Crippen molar-refractivity contribution in [2.75, 3.05) is 0 Å². The highest BCUT2D eigenvalue weighted by Gasteiger charge is 2.39. The molecule has 4 nitrogen and oxygen atoms in total. The molecule has 2 aromatic rings. The second-order valence-electron chi connectivity index (χ2n) is 9.98. The molecule has 0 N–H and O–H groups in total. The molecule has 1 aliphatic rings. The van der Waals surface area contributed by atoms with Crippen LogP contribution in [0, 0.1) is 0 Å². The van der Waals surface area contributed by atoms with Crippen molar-refractivity contribution in [2.45, 2.75) is 75.1 Å². The van der Waals surface area contributed by atoms with Crippen LogP contribution in [-0.4, -0.2) is 22.3 Å². The van der Waals surface area contributed by atoms with Crippen molar-refractivity contribution < 1.29 is 17.6 Å². The van der Waals surface area contributed by atoms with Crippen molar-refractivity contribution in [3.8, 4) is 11.5 Å². The normalized spacial score (nSPS) is 16.3. The Kier molecular flexibility index (Phi) is 5.49. The summed E-state index contributed by atoms with van der Waals surface area (Å²) in [6.07, 6.45) is 1.99. The topological polar surface area (TPSA) is 52.6 Å². The summed E-state index contributed by atoms with van der Waals surface area (Å²) in [5, 5.41) is 0.0261. The van der Waals surface area contributed by atoms with Gasteiger partial charge in [-0.3, -0.25) is 0 Å². The van der Waals surface area contributed by atoms with Crippen molar-refractivity contribution in [1.29, 1.82) is 0 Å². The van der Waals surface area contributed by atoms with Gasteiger partial charge in [0.1, 0.15) is 17.1 Å². The molecular weight excluding hydrogens is 412 g/mol. The molecule has 0 fully saturated rings. The fourth-order valence-corrected chi connectivity index (χ4v) is 5.30. The van der Waals surface area contributed by atoms with Crippen LogP contribution >= 0.6 is 0 Å². The SMILES string of the molecule is CC1=Cc2cc(S(=O)(=O)c3cccc(O[Si](C)(C)C(C)(C)C)c3)ccc2OC1(C)C. The lowest BCUT2D eigenvalue weighted by molar-refractivity contribution is 0.145. The highest BCUT2D eigenvalue weighted by Crippen LogP contribution is 2.39. The molecule has 30 heavy (non-hydrogen) atoms. The summed E-state index contributed by atoms with van der Waals surface area (Å²) in [6, 6.07) is 11.9. The van der Waals surface area contributed by atoms with Gasteiger partial charge in [0, 0.05) is 5.56 Å². The summed E-state index contributed by atoms with van der Waals surface area (Å²) in [5.41, 5.74) is 1.43. The number of sulfone groups is 1. The van der Waals surface area contributed by atoms with Crippen LogP contribution in [0.2, 0.25) is 18.1 Å². The molecule has 1 aliphatic heterocycles. The third-order valence-corrected chi connectivity index (χ3v) is 12.4. The fraction of sp³-hybridized carbons (Fsp3) is 0.417. The van der Waals surface area contributed by atoms with Crippen molar-refractivity contribution in [2.24, 2.45) is 0 Å². The summed E-state index contributed by atoms with van der Waals surface area (Å²) < 4.78 is 39.0. The highest BCUT2D eigenvalue weighted by molar-refractivity contribution is 7.91. The lowest BCUT2D eigenvalue weighted by Gasteiger charge is -2.36. The number of hydrogen-bond acceptors (Lipinski definition) is 4. The third-order valence-electron chi connectivity index (χ3n) is 6.27. The van der Waals surface area contributed by atoms with Crippen LogP contribution in [0.5, 0.6) is 11.5 Å². The molecular formula is C24H32O4SSi. The molecule has 162 valence electrons. The van der Waals surface area contributed by atoms with Gasteiger partial charge in [0.05, 0.1) is 9.79 Å². The monoisotopic (exact) mass is 444 g/mol. The Bertz CT molecular complexity index is 1110. The minimum atomic E-state index is -3.68. The average Bonchev–Trinajstić information content (AvgIpc) is 2.61. The molecule has 0 saturated heterocycles. The van der Waals surface area contributed by atoms with Gasteiger partial charge < -0.3 is 9.16 Å². The largest absolute Gasteiger partial charge is 0.543 e. The van der Waals surface area contributed by atoms with E-state index in [1.165, 1.54) is 0 Å². The minimum absolute atomic E-state index is 0.0261. The Morgan fingerprint density at radius 2 is 1.63 bits per heavy atom. The Labute approximate surface area is 182 Å². The van der Waals surface area contributed by atoms with E-state index in [1.54, 1.807) is 36.4 Å². The van der Waals surface area contributed by atoms with Gasteiger partial charge in [0.15, 0.2) is 0 Å². The zero-order valence-corrected chi connectivity index (χ0v) is 21.0. The van der Waals surface area contributed by atoms with Gasteiger partial charge in [-0.15, -0.1) is 0 Å².